The lowest BCUT2D eigenvalue weighted by molar-refractivity contribution is -0.115. The molecule has 3 aromatic rings. The van der Waals surface area contributed by atoms with Crippen molar-refractivity contribution < 1.29 is 9.53 Å². The number of benzene rings is 2. The molecule has 1 aliphatic rings. The van der Waals surface area contributed by atoms with Crippen molar-refractivity contribution in [2.75, 3.05) is 36.5 Å². The molecule has 1 saturated heterocycles. The number of nitrogens with zero attached hydrogens (tertiary/aromatic N) is 2. The molecule has 1 aliphatic heterocycles. The number of rotatable bonds is 5. The zero-order chi connectivity index (χ0) is 20.2. The Labute approximate surface area is 175 Å². The predicted molar refractivity (Wildman–Crippen MR) is 120 cm³/mol. The van der Waals surface area contributed by atoms with Gasteiger partial charge in [-0.3, -0.25) is 4.79 Å². The summed E-state index contributed by atoms with van der Waals surface area (Å²) in [6.07, 6.45) is 0. The quantitative estimate of drug-likeness (QED) is 0.631. The number of nitrogens with one attached hydrogen (secondary N) is 1. The van der Waals surface area contributed by atoms with E-state index in [0.29, 0.717) is 0 Å². The monoisotopic (exact) mass is 407 g/mol. The van der Waals surface area contributed by atoms with Crippen molar-refractivity contribution in [3.8, 4) is 0 Å². The van der Waals surface area contributed by atoms with E-state index >= 15 is 0 Å². The third-order valence-corrected chi connectivity index (χ3v) is 6.10. The highest BCUT2D eigenvalue weighted by molar-refractivity contribution is 8.00. The number of morpholine rings is 1. The van der Waals surface area contributed by atoms with Gasteiger partial charge in [-0.05, 0) is 55.8 Å². The predicted octanol–water partition coefficient (Wildman–Crippen LogP) is 4.50. The van der Waals surface area contributed by atoms with Gasteiger partial charge in [0.05, 0.1) is 29.0 Å². The van der Waals surface area contributed by atoms with Crippen LogP contribution in [0, 0.1) is 6.92 Å². The summed E-state index contributed by atoms with van der Waals surface area (Å²) < 4.78 is 5.40. The summed E-state index contributed by atoms with van der Waals surface area (Å²) >= 11 is 1.48. The minimum Gasteiger partial charge on any atom is -0.378 e. The van der Waals surface area contributed by atoms with Crippen LogP contribution in [0.4, 0.5) is 11.4 Å². The van der Waals surface area contributed by atoms with Crippen LogP contribution in [0.15, 0.2) is 59.6 Å². The first-order valence-electron chi connectivity index (χ1n) is 9.87. The zero-order valence-electron chi connectivity index (χ0n) is 16.7. The largest absolute Gasteiger partial charge is 0.378 e. The number of fused-ring (bicyclic) bond motifs is 1. The first-order valence-corrected chi connectivity index (χ1v) is 10.7. The van der Waals surface area contributed by atoms with Crippen molar-refractivity contribution in [2.45, 2.75) is 24.1 Å². The SMILES string of the molecule is Cc1cc(S[C@H](C)C(=O)Nc2ccc(N3CCOCC3)cc2)nc2ccccc12. The molecule has 2 aromatic carbocycles. The lowest BCUT2D eigenvalue weighted by atomic mass is 10.1. The number of anilines is 2. The molecule has 0 radical (unpaired) electrons. The van der Waals surface area contributed by atoms with E-state index in [-0.39, 0.29) is 11.2 Å². The standard InChI is InChI=1S/C23H25N3O2S/c1-16-15-22(25-21-6-4-3-5-20(16)21)29-17(2)23(27)24-18-7-9-19(10-8-18)26-11-13-28-14-12-26/h3-10,15,17H,11-14H2,1-2H3,(H,24,27)/t17-/m1/s1. The number of amides is 1. The van der Waals surface area contributed by atoms with Gasteiger partial charge >= 0.3 is 0 Å². The van der Waals surface area contributed by atoms with Gasteiger partial charge in [-0.2, -0.15) is 0 Å². The molecule has 6 heteroatoms. The van der Waals surface area contributed by atoms with Gasteiger partial charge in [-0.1, -0.05) is 30.0 Å². The second-order valence-electron chi connectivity index (χ2n) is 7.19. The Hall–Kier alpha value is -2.57. The van der Waals surface area contributed by atoms with Crippen molar-refractivity contribution in [1.82, 2.24) is 4.98 Å². The van der Waals surface area contributed by atoms with E-state index in [2.05, 4.69) is 23.2 Å². The topological polar surface area (TPSA) is 54.5 Å². The van der Waals surface area contributed by atoms with Gasteiger partial charge in [0.25, 0.3) is 0 Å². The van der Waals surface area contributed by atoms with E-state index in [9.17, 15) is 4.79 Å². The third-order valence-electron chi connectivity index (χ3n) is 5.08. The Balaban J connectivity index is 1.39. The number of pyridine rings is 1. The van der Waals surface area contributed by atoms with Gasteiger partial charge in [-0.25, -0.2) is 4.98 Å². The number of ether oxygens (including phenoxy) is 1. The molecule has 0 bridgehead atoms. The van der Waals surface area contributed by atoms with E-state index in [1.54, 1.807) is 0 Å². The first-order chi connectivity index (χ1) is 14.1. The van der Waals surface area contributed by atoms with Crippen LogP contribution in [-0.2, 0) is 9.53 Å². The molecular formula is C23H25N3O2S. The van der Waals surface area contributed by atoms with Crippen LogP contribution in [-0.4, -0.2) is 42.4 Å². The fraction of sp³-hybridized carbons (Fsp3) is 0.304. The van der Waals surface area contributed by atoms with Gasteiger partial charge in [-0.15, -0.1) is 0 Å². The average Bonchev–Trinajstić information content (AvgIpc) is 2.75. The van der Waals surface area contributed by atoms with E-state index in [1.165, 1.54) is 17.3 Å². The molecule has 1 atom stereocenters. The second kappa shape index (κ2) is 8.84. The zero-order valence-corrected chi connectivity index (χ0v) is 17.5. The molecule has 0 aliphatic carbocycles. The van der Waals surface area contributed by atoms with E-state index in [0.717, 1.165) is 53.6 Å². The highest BCUT2D eigenvalue weighted by Gasteiger charge is 2.17. The van der Waals surface area contributed by atoms with Gasteiger partial charge in [0.15, 0.2) is 0 Å². The van der Waals surface area contributed by atoms with Crippen molar-refractivity contribution in [2.24, 2.45) is 0 Å². The summed E-state index contributed by atoms with van der Waals surface area (Å²) in [6, 6.07) is 18.1. The van der Waals surface area contributed by atoms with Crippen LogP contribution in [0.2, 0.25) is 0 Å². The van der Waals surface area contributed by atoms with Crippen LogP contribution in [0.5, 0.6) is 0 Å². The fourth-order valence-electron chi connectivity index (χ4n) is 3.43. The van der Waals surface area contributed by atoms with Crippen molar-refractivity contribution in [1.29, 1.82) is 0 Å². The highest BCUT2D eigenvalue weighted by atomic mass is 32.2. The molecule has 150 valence electrons. The Morgan fingerprint density at radius 3 is 2.62 bits per heavy atom. The summed E-state index contributed by atoms with van der Waals surface area (Å²) in [7, 11) is 0. The van der Waals surface area contributed by atoms with Crippen LogP contribution in [0.1, 0.15) is 12.5 Å². The van der Waals surface area contributed by atoms with Crippen LogP contribution < -0.4 is 10.2 Å². The summed E-state index contributed by atoms with van der Waals surface area (Å²) in [5, 5.41) is 4.78. The minimum atomic E-state index is -0.248. The van der Waals surface area contributed by atoms with E-state index in [1.807, 2.05) is 55.5 Å². The Kier molecular flexibility index (Phi) is 6.02. The highest BCUT2D eigenvalue weighted by Crippen LogP contribution is 2.27. The number of para-hydroxylation sites is 1. The van der Waals surface area contributed by atoms with E-state index < -0.39 is 0 Å². The molecule has 29 heavy (non-hydrogen) atoms. The fourth-order valence-corrected chi connectivity index (χ4v) is 4.36. The van der Waals surface area contributed by atoms with Crippen molar-refractivity contribution >= 4 is 39.9 Å². The minimum absolute atomic E-state index is 0.0262. The molecule has 1 amide bonds. The molecule has 4 rings (SSSR count). The van der Waals surface area contributed by atoms with E-state index in [4.69, 9.17) is 9.72 Å². The molecule has 0 unspecified atom stereocenters. The van der Waals surface area contributed by atoms with Gasteiger partial charge < -0.3 is 15.0 Å². The maximum absolute atomic E-state index is 12.7. The molecule has 0 saturated carbocycles. The smallest absolute Gasteiger partial charge is 0.237 e. The first kappa shape index (κ1) is 19.7. The molecule has 2 heterocycles. The van der Waals surface area contributed by atoms with Gasteiger partial charge in [0.1, 0.15) is 0 Å². The number of carbonyl (C=O) groups is 1. The number of aromatic nitrogens is 1. The Morgan fingerprint density at radius 2 is 1.86 bits per heavy atom. The van der Waals surface area contributed by atoms with Gasteiger partial charge in [0.2, 0.25) is 5.91 Å². The maximum atomic E-state index is 12.7. The third kappa shape index (κ3) is 4.71. The summed E-state index contributed by atoms with van der Waals surface area (Å²) in [5.41, 5.74) is 4.09. The Bertz CT molecular complexity index is 1000. The number of hydrogen-bond donors (Lipinski definition) is 1. The molecule has 5 nitrogen and oxygen atoms in total. The van der Waals surface area contributed by atoms with Crippen molar-refractivity contribution in [3.63, 3.8) is 0 Å². The van der Waals surface area contributed by atoms with Gasteiger partial charge in [0, 0.05) is 29.9 Å². The lowest BCUT2D eigenvalue weighted by Crippen LogP contribution is -2.36. The molecule has 1 N–H and O–H groups in total. The number of hydrogen-bond acceptors (Lipinski definition) is 5. The molecule has 1 fully saturated rings. The summed E-state index contributed by atoms with van der Waals surface area (Å²) in [4.78, 5) is 19.7. The normalized spacial score (nSPS) is 15.3. The van der Waals surface area contributed by atoms with Crippen molar-refractivity contribution in [3.05, 3.63) is 60.2 Å². The molecule has 1 aromatic heterocycles. The maximum Gasteiger partial charge on any atom is 0.237 e. The van der Waals surface area contributed by atoms with Crippen LogP contribution in [0.3, 0.4) is 0 Å². The number of aryl methyl sites for hydroxylation is 1. The molecular weight excluding hydrogens is 382 g/mol. The molecule has 0 spiro atoms. The second-order valence-corrected chi connectivity index (χ2v) is 8.55. The average molecular weight is 408 g/mol. The van der Waals surface area contributed by atoms with Crippen LogP contribution in [0.25, 0.3) is 10.9 Å². The number of carbonyl (C=O) groups excluding carboxylic acids is 1. The Morgan fingerprint density at radius 1 is 1.14 bits per heavy atom. The van der Waals surface area contributed by atoms with Crippen LogP contribution >= 0.6 is 11.8 Å². The summed E-state index contributed by atoms with van der Waals surface area (Å²) in [6.45, 7) is 7.31. The number of thioether (sulfide) groups is 1. The summed E-state index contributed by atoms with van der Waals surface area (Å²) in [5.74, 6) is -0.0262. The lowest BCUT2D eigenvalue weighted by Gasteiger charge is -2.28.